The molecule has 1 aromatic carbocycles. The number of hydrogen-bond donors (Lipinski definition) is 0. The summed E-state index contributed by atoms with van der Waals surface area (Å²) in [6, 6.07) is 7.81. The molecule has 0 spiro atoms. The molecule has 1 heterocycles. The molecule has 0 atom stereocenters. The highest BCUT2D eigenvalue weighted by Gasteiger charge is 2.13. The Hall–Kier alpha value is -1.13. The van der Waals surface area contributed by atoms with Crippen molar-refractivity contribution in [1.82, 2.24) is 9.78 Å². The first kappa shape index (κ1) is 14.8. The van der Waals surface area contributed by atoms with E-state index in [2.05, 4.69) is 5.10 Å². The summed E-state index contributed by atoms with van der Waals surface area (Å²) in [5.41, 5.74) is 1.10. The van der Waals surface area contributed by atoms with Crippen LogP contribution in [0.1, 0.15) is 32.1 Å². The number of nitrogens with zero attached hydrogens (tertiary/aromatic N) is 3. The highest BCUT2D eigenvalue weighted by atomic mass is 35.5. The molecule has 112 valence electrons. The second-order valence-corrected chi connectivity index (χ2v) is 7.06. The van der Waals surface area contributed by atoms with Crippen molar-refractivity contribution in [2.45, 2.75) is 32.1 Å². The average molecular weight is 322 g/mol. The molecule has 1 saturated carbocycles. The van der Waals surface area contributed by atoms with E-state index in [1.165, 1.54) is 32.1 Å². The van der Waals surface area contributed by atoms with Gasteiger partial charge in [0.2, 0.25) is 4.80 Å². The maximum absolute atomic E-state index is 5.93. The lowest BCUT2D eigenvalue weighted by Crippen LogP contribution is -2.16. The van der Waals surface area contributed by atoms with Crippen LogP contribution in [-0.4, -0.2) is 16.3 Å². The summed E-state index contributed by atoms with van der Waals surface area (Å²) in [5.74, 6) is 0.764. The first-order valence-electron chi connectivity index (χ1n) is 7.53. The zero-order valence-electron chi connectivity index (χ0n) is 12.3. The maximum Gasteiger partial charge on any atom is 0.203 e. The van der Waals surface area contributed by atoms with E-state index < -0.39 is 0 Å². The largest absolute Gasteiger partial charge is 0.257 e. The molecule has 0 bridgehead atoms. The van der Waals surface area contributed by atoms with Gasteiger partial charge in [-0.25, -0.2) is 4.68 Å². The quantitative estimate of drug-likeness (QED) is 0.829. The van der Waals surface area contributed by atoms with Crippen LogP contribution in [0, 0.1) is 5.92 Å². The van der Waals surface area contributed by atoms with Gasteiger partial charge in [0, 0.05) is 24.2 Å². The third-order valence-electron chi connectivity index (χ3n) is 4.01. The number of hydrogen-bond acceptors (Lipinski definition) is 3. The van der Waals surface area contributed by atoms with Crippen molar-refractivity contribution in [3.63, 3.8) is 0 Å². The molecule has 0 radical (unpaired) electrons. The van der Waals surface area contributed by atoms with Crippen molar-refractivity contribution in [3.05, 3.63) is 34.1 Å². The molecule has 3 nitrogen and oxygen atoms in total. The highest BCUT2D eigenvalue weighted by molar-refractivity contribution is 7.12. The third kappa shape index (κ3) is 3.74. The third-order valence-corrected chi connectivity index (χ3v) is 5.34. The van der Waals surface area contributed by atoms with Gasteiger partial charge in [-0.05, 0) is 30.9 Å². The average Bonchev–Trinajstić information content (AvgIpc) is 2.88. The zero-order valence-corrected chi connectivity index (χ0v) is 13.8. The van der Waals surface area contributed by atoms with Crippen molar-refractivity contribution < 1.29 is 0 Å². The van der Waals surface area contributed by atoms with Crippen LogP contribution in [0.4, 0.5) is 0 Å². The minimum absolute atomic E-state index is 0.752. The van der Waals surface area contributed by atoms with Gasteiger partial charge in [0.25, 0.3) is 0 Å². The summed E-state index contributed by atoms with van der Waals surface area (Å²) in [5, 5.41) is 6.32. The lowest BCUT2D eigenvalue weighted by molar-refractivity contribution is 0.364. The lowest BCUT2D eigenvalue weighted by Gasteiger charge is -2.18. The Labute approximate surface area is 134 Å². The van der Waals surface area contributed by atoms with Gasteiger partial charge in [0.1, 0.15) is 5.01 Å². The molecule has 0 amide bonds. The van der Waals surface area contributed by atoms with Crippen LogP contribution >= 0.6 is 22.9 Å². The van der Waals surface area contributed by atoms with Crippen molar-refractivity contribution >= 4 is 22.9 Å². The molecule has 1 fully saturated rings. The van der Waals surface area contributed by atoms with Gasteiger partial charge < -0.3 is 0 Å². The molecule has 5 heteroatoms. The first-order chi connectivity index (χ1) is 10.2. The normalized spacial score (nSPS) is 17.3. The van der Waals surface area contributed by atoms with Crippen molar-refractivity contribution in [3.8, 4) is 10.6 Å². The van der Waals surface area contributed by atoms with Gasteiger partial charge in [-0.2, -0.15) is 5.10 Å². The predicted octanol–water partition coefficient (Wildman–Crippen LogP) is 4.28. The van der Waals surface area contributed by atoms with Gasteiger partial charge in [-0.1, -0.05) is 54.3 Å². The second kappa shape index (κ2) is 6.75. The fourth-order valence-electron chi connectivity index (χ4n) is 2.77. The van der Waals surface area contributed by atoms with E-state index in [9.17, 15) is 0 Å². The molecule has 1 aliphatic carbocycles. The maximum atomic E-state index is 5.93. The highest BCUT2D eigenvalue weighted by Crippen LogP contribution is 2.24. The van der Waals surface area contributed by atoms with E-state index in [1.54, 1.807) is 11.3 Å². The molecule has 0 aliphatic heterocycles. The Morgan fingerprint density at radius 2 is 1.95 bits per heavy atom. The van der Waals surface area contributed by atoms with Crippen LogP contribution in [-0.2, 0) is 7.05 Å². The molecule has 1 aromatic heterocycles. The molecule has 2 aromatic rings. The van der Waals surface area contributed by atoms with E-state index in [0.29, 0.717) is 0 Å². The molecular formula is C16H20ClN3S. The fraction of sp³-hybridized carbons (Fsp3) is 0.500. The smallest absolute Gasteiger partial charge is 0.203 e. The van der Waals surface area contributed by atoms with Crippen LogP contribution in [0.25, 0.3) is 10.6 Å². The molecular weight excluding hydrogens is 302 g/mol. The fourth-order valence-corrected chi connectivity index (χ4v) is 3.80. The van der Waals surface area contributed by atoms with Crippen molar-refractivity contribution in [2.24, 2.45) is 18.0 Å². The van der Waals surface area contributed by atoms with Crippen molar-refractivity contribution in [2.75, 3.05) is 6.54 Å². The van der Waals surface area contributed by atoms with Crippen LogP contribution < -0.4 is 4.80 Å². The SMILES string of the molecule is Cn1nc(-c2ccc(Cl)cc2)sc1=NCC1CCCCC1. The van der Waals surface area contributed by atoms with E-state index in [-0.39, 0.29) is 0 Å². The van der Waals surface area contributed by atoms with E-state index in [1.807, 2.05) is 36.0 Å². The second-order valence-electron chi connectivity index (χ2n) is 5.67. The number of rotatable bonds is 3. The minimum atomic E-state index is 0.752. The van der Waals surface area contributed by atoms with Crippen LogP contribution in [0.15, 0.2) is 29.3 Å². The van der Waals surface area contributed by atoms with E-state index in [4.69, 9.17) is 16.6 Å². The van der Waals surface area contributed by atoms with E-state index in [0.717, 1.165) is 32.9 Å². The van der Waals surface area contributed by atoms with Gasteiger partial charge >= 0.3 is 0 Å². The Bertz CT molecular complexity index is 651. The number of aryl methyl sites for hydroxylation is 1. The van der Waals surface area contributed by atoms with Crippen LogP contribution in [0.2, 0.25) is 5.02 Å². The Morgan fingerprint density at radius 1 is 1.24 bits per heavy atom. The number of halogens is 1. The topological polar surface area (TPSA) is 30.2 Å². The Morgan fingerprint density at radius 3 is 2.67 bits per heavy atom. The van der Waals surface area contributed by atoms with Gasteiger partial charge in [-0.15, -0.1) is 0 Å². The summed E-state index contributed by atoms with van der Waals surface area (Å²) < 4.78 is 1.89. The molecule has 21 heavy (non-hydrogen) atoms. The van der Waals surface area contributed by atoms with Gasteiger partial charge in [0.05, 0.1) is 0 Å². The Balaban J connectivity index is 1.78. The minimum Gasteiger partial charge on any atom is -0.257 e. The summed E-state index contributed by atoms with van der Waals surface area (Å²) in [7, 11) is 1.97. The lowest BCUT2D eigenvalue weighted by atomic mass is 9.89. The monoisotopic (exact) mass is 321 g/mol. The van der Waals surface area contributed by atoms with Gasteiger partial charge in [0.15, 0.2) is 0 Å². The van der Waals surface area contributed by atoms with Crippen LogP contribution in [0.3, 0.4) is 0 Å². The molecule has 0 N–H and O–H groups in total. The molecule has 3 rings (SSSR count). The summed E-state index contributed by atoms with van der Waals surface area (Å²) in [4.78, 5) is 5.79. The summed E-state index contributed by atoms with van der Waals surface area (Å²) in [6.07, 6.45) is 6.79. The summed E-state index contributed by atoms with van der Waals surface area (Å²) >= 11 is 7.58. The Kier molecular flexibility index (Phi) is 4.76. The standard InChI is InChI=1S/C16H20ClN3S/c1-20-16(18-11-12-5-3-2-4-6-12)21-15(19-20)13-7-9-14(17)10-8-13/h7-10,12H,2-6,11H2,1H3. The molecule has 0 saturated heterocycles. The number of benzene rings is 1. The molecule has 1 aliphatic rings. The van der Waals surface area contributed by atoms with E-state index >= 15 is 0 Å². The van der Waals surface area contributed by atoms with Crippen LogP contribution in [0.5, 0.6) is 0 Å². The predicted molar refractivity (Wildman–Crippen MR) is 88.5 cm³/mol. The first-order valence-corrected chi connectivity index (χ1v) is 8.72. The van der Waals surface area contributed by atoms with Gasteiger partial charge in [-0.3, -0.25) is 4.99 Å². The number of aromatic nitrogens is 2. The zero-order chi connectivity index (χ0) is 14.7. The molecule has 0 unspecified atom stereocenters. The summed E-state index contributed by atoms with van der Waals surface area (Å²) in [6.45, 7) is 0.941. The van der Waals surface area contributed by atoms with Crippen molar-refractivity contribution in [1.29, 1.82) is 0 Å².